The predicted octanol–water partition coefficient (Wildman–Crippen LogP) is 5.67. The van der Waals surface area contributed by atoms with Crippen molar-refractivity contribution >= 4 is 11.6 Å². The van der Waals surface area contributed by atoms with Crippen molar-refractivity contribution in [2.45, 2.75) is 25.8 Å². The number of hydrogen-bond acceptors (Lipinski definition) is 3. The van der Waals surface area contributed by atoms with Crippen molar-refractivity contribution < 1.29 is 4.79 Å². The van der Waals surface area contributed by atoms with Crippen LogP contribution in [-0.2, 0) is 12.8 Å². The molecule has 1 atom stereocenters. The second-order valence-electron chi connectivity index (χ2n) is 8.26. The molecule has 0 spiro atoms. The quantitative estimate of drug-likeness (QED) is 0.350. The fourth-order valence-corrected chi connectivity index (χ4v) is 4.28. The van der Waals surface area contributed by atoms with Crippen molar-refractivity contribution in [3.05, 3.63) is 126 Å². The van der Waals surface area contributed by atoms with Gasteiger partial charge in [0.1, 0.15) is 0 Å². The minimum atomic E-state index is -0.158. The Morgan fingerprint density at radius 3 is 2.24 bits per heavy atom. The topological polar surface area (TPSA) is 59.3 Å². The Kier molecular flexibility index (Phi) is 6.17. The number of fused-ring (bicyclic) bond motifs is 1. The summed E-state index contributed by atoms with van der Waals surface area (Å²) in [7, 11) is 0. The number of aryl methyl sites for hydroxylation is 1. The number of carbonyl (C=O) groups excluding carboxylic acids is 1. The van der Waals surface area contributed by atoms with Gasteiger partial charge < -0.3 is 5.32 Å². The molecule has 5 aromatic rings. The summed E-state index contributed by atoms with van der Waals surface area (Å²) in [5.41, 5.74) is 6.22. The molecule has 0 aliphatic heterocycles. The molecule has 0 saturated carbocycles. The Labute approximate surface area is 199 Å². The van der Waals surface area contributed by atoms with Crippen LogP contribution in [0.4, 0.5) is 0 Å². The molecule has 3 aromatic carbocycles. The molecule has 0 radical (unpaired) electrons. The highest BCUT2D eigenvalue weighted by molar-refractivity contribution is 5.95. The lowest BCUT2D eigenvalue weighted by molar-refractivity contribution is 0.0934. The van der Waals surface area contributed by atoms with Crippen molar-refractivity contribution in [3.8, 4) is 11.3 Å². The van der Waals surface area contributed by atoms with E-state index in [1.807, 2.05) is 79.7 Å². The molecule has 2 aromatic heterocycles. The van der Waals surface area contributed by atoms with Crippen LogP contribution in [0.25, 0.3) is 16.9 Å². The fourth-order valence-electron chi connectivity index (χ4n) is 4.28. The third kappa shape index (κ3) is 4.46. The van der Waals surface area contributed by atoms with Crippen LogP contribution >= 0.6 is 0 Å². The maximum absolute atomic E-state index is 13.5. The van der Waals surface area contributed by atoms with Gasteiger partial charge in [-0.25, -0.2) is 9.50 Å². The minimum absolute atomic E-state index is 0.146. The summed E-state index contributed by atoms with van der Waals surface area (Å²) in [5, 5.41) is 8.03. The molecule has 0 aliphatic carbocycles. The van der Waals surface area contributed by atoms with Crippen molar-refractivity contribution in [2.24, 2.45) is 0 Å². The van der Waals surface area contributed by atoms with E-state index in [9.17, 15) is 4.79 Å². The lowest BCUT2D eigenvalue weighted by atomic mass is 9.98. The first kappa shape index (κ1) is 21.6. The molecule has 0 bridgehead atoms. The number of amides is 1. The van der Waals surface area contributed by atoms with Gasteiger partial charge in [-0.1, -0.05) is 97.9 Å². The smallest absolute Gasteiger partial charge is 0.255 e. The Hall–Kier alpha value is -4.25. The predicted molar refractivity (Wildman–Crippen MR) is 135 cm³/mol. The first-order valence-corrected chi connectivity index (χ1v) is 11.6. The van der Waals surface area contributed by atoms with Gasteiger partial charge in [0.15, 0.2) is 5.65 Å². The van der Waals surface area contributed by atoms with Gasteiger partial charge in [0, 0.05) is 17.8 Å². The first-order valence-electron chi connectivity index (χ1n) is 11.6. The van der Waals surface area contributed by atoms with E-state index in [0.717, 1.165) is 28.2 Å². The Morgan fingerprint density at radius 2 is 1.56 bits per heavy atom. The molecule has 0 fully saturated rings. The van der Waals surface area contributed by atoms with Crippen LogP contribution in [0.5, 0.6) is 0 Å². The fraction of sp³-hybridized carbons (Fsp3) is 0.138. The maximum atomic E-state index is 13.5. The number of nitrogens with one attached hydrogen (secondary N) is 1. The summed E-state index contributed by atoms with van der Waals surface area (Å²) in [4.78, 5) is 18.1. The van der Waals surface area contributed by atoms with Gasteiger partial charge in [0.25, 0.3) is 5.91 Å². The SMILES string of the molecule is CCc1c(C(=O)NC(Cc2ccccc2)c2ccccc2)cnc2cc(-c3ccccc3)nn12. The molecule has 5 rings (SSSR count). The zero-order chi connectivity index (χ0) is 23.3. The molecule has 0 aliphatic rings. The maximum Gasteiger partial charge on any atom is 0.255 e. The summed E-state index contributed by atoms with van der Waals surface area (Å²) in [6, 6.07) is 32.1. The average molecular weight is 447 g/mol. The van der Waals surface area contributed by atoms with Crippen LogP contribution in [0, 0.1) is 0 Å². The number of aromatic nitrogens is 3. The van der Waals surface area contributed by atoms with Crippen LogP contribution in [-0.4, -0.2) is 20.5 Å². The van der Waals surface area contributed by atoms with Gasteiger partial charge in [0.2, 0.25) is 0 Å². The van der Waals surface area contributed by atoms with E-state index in [4.69, 9.17) is 5.10 Å². The van der Waals surface area contributed by atoms with E-state index in [2.05, 4.69) is 34.6 Å². The number of hydrogen-bond donors (Lipinski definition) is 1. The van der Waals surface area contributed by atoms with E-state index < -0.39 is 0 Å². The average Bonchev–Trinajstić information content (AvgIpc) is 3.34. The van der Waals surface area contributed by atoms with Crippen molar-refractivity contribution in [1.82, 2.24) is 19.9 Å². The largest absolute Gasteiger partial charge is 0.345 e. The Bertz CT molecular complexity index is 1400. The van der Waals surface area contributed by atoms with Crippen LogP contribution in [0.15, 0.2) is 103 Å². The van der Waals surface area contributed by atoms with Gasteiger partial charge in [-0.05, 0) is 24.0 Å². The highest BCUT2D eigenvalue weighted by Crippen LogP contribution is 2.23. The molecule has 2 heterocycles. The number of rotatable bonds is 7. The molecular weight excluding hydrogens is 420 g/mol. The zero-order valence-electron chi connectivity index (χ0n) is 19.1. The van der Waals surface area contributed by atoms with Gasteiger partial charge >= 0.3 is 0 Å². The Morgan fingerprint density at radius 1 is 0.912 bits per heavy atom. The highest BCUT2D eigenvalue weighted by Gasteiger charge is 2.21. The van der Waals surface area contributed by atoms with Crippen LogP contribution in [0.3, 0.4) is 0 Å². The second kappa shape index (κ2) is 9.71. The monoisotopic (exact) mass is 446 g/mol. The molecule has 5 nitrogen and oxygen atoms in total. The normalized spacial score (nSPS) is 11.9. The van der Waals surface area contributed by atoms with Crippen LogP contribution < -0.4 is 5.32 Å². The van der Waals surface area contributed by atoms with Gasteiger partial charge in [-0.3, -0.25) is 4.79 Å². The molecule has 1 unspecified atom stereocenters. The third-order valence-electron chi connectivity index (χ3n) is 6.02. The second-order valence-corrected chi connectivity index (χ2v) is 8.26. The highest BCUT2D eigenvalue weighted by atomic mass is 16.1. The molecule has 5 heteroatoms. The van der Waals surface area contributed by atoms with E-state index in [0.29, 0.717) is 18.4 Å². The zero-order valence-corrected chi connectivity index (χ0v) is 19.1. The molecule has 1 amide bonds. The van der Waals surface area contributed by atoms with Gasteiger partial charge in [0.05, 0.1) is 23.0 Å². The van der Waals surface area contributed by atoms with Crippen LogP contribution in [0.1, 0.15) is 40.1 Å². The number of carbonyl (C=O) groups is 1. The number of benzene rings is 3. The molecule has 0 saturated heterocycles. The summed E-state index contributed by atoms with van der Waals surface area (Å²) in [5.74, 6) is -0.146. The van der Waals surface area contributed by atoms with Gasteiger partial charge in [-0.15, -0.1) is 0 Å². The third-order valence-corrected chi connectivity index (χ3v) is 6.02. The lowest BCUT2D eigenvalue weighted by Gasteiger charge is -2.20. The van der Waals surface area contributed by atoms with Crippen molar-refractivity contribution in [1.29, 1.82) is 0 Å². The molecular formula is C29H26N4O. The molecule has 1 N–H and O–H groups in total. The summed E-state index contributed by atoms with van der Waals surface area (Å²) in [6.07, 6.45) is 3.03. The summed E-state index contributed by atoms with van der Waals surface area (Å²) in [6.45, 7) is 2.04. The Balaban J connectivity index is 1.48. The standard InChI is InChI=1S/C29H26N4O/c1-2-27-24(20-30-28-19-26(32-33(27)28)23-16-10-5-11-17-23)29(34)31-25(22-14-8-4-9-15-22)18-21-12-6-3-7-13-21/h3-17,19-20,25H,2,18H2,1H3,(H,31,34). The van der Waals surface area contributed by atoms with E-state index in [1.165, 1.54) is 5.56 Å². The molecule has 168 valence electrons. The number of nitrogens with zero attached hydrogens (tertiary/aromatic N) is 3. The van der Waals surface area contributed by atoms with E-state index in [1.54, 1.807) is 10.7 Å². The lowest BCUT2D eigenvalue weighted by Crippen LogP contribution is -2.31. The van der Waals surface area contributed by atoms with Crippen molar-refractivity contribution in [3.63, 3.8) is 0 Å². The first-order chi connectivity index (χ1) is 16.7. The summed E-state index contributed by atoms with van der Waals surface area (Å²) >= 11 is 0. The van der Waals surface area contributed by atoms with E-state index in [-0.39, 0.29) is 11.9 Å². The molecule has 34 heavy (non-hydrogen) atoms. The van der Waals surface area contributed by atoms with Gasteiger partial charge in [-0.2, -0.15) is 5.10 Å². The minimum Gasteiger partial charge on any atom is -0.345 e. The van der Waals surface area contributed by atoms with Crippen molar-refractivity contribution in [2.75, 3.05) is 0 Å². The van der Waals surface area contributed by atoms with E-state index >= 15 is 0 Å². The summed E-state index contributed by atoms with van der Waals surface area (Å²) < 4.78 is 1.80. The van der Waals surface area contributed by atoms with Crippen LogP contribution in [0.2, 0.25) is 0 Å².